The molecule has 0 fully saturated rings. The summed E-state index contributed by atoms with van der Waals surface area (Å²) in [5, 5.41) is 9.04. The molecule has 2 aromatic carbocycles. The molecule has 12 heteroatoms. The first-order valence-corrected chi connectivity index (χ1v) is 10.4. The number of halogens is 3. The van der Waals surface area contributed by atoms with Crippen molar-refractivity contribution in [2.45, 2.75) is 11.1 Å². The molecule has 1 aromatic heterocycles. The Kier molecular flexibility index (Phi) is 6.32. The standard InChI is InChI=1S/C19H18F3N5O3S/c1-27-10-9-17(26-27)25-18(28)24-16-11-14(31(29,30)23-12-19(20,21)22)7-8-15(16)13-5-3-2-4-6-13/h2-11,23H,12H2,1H3,(H2,24,25,26,28). The number of nitrogens with zero attached hydrogens (tertiary/aromatic N) is 2. The molecule has 31 heavy (non-hydrogen) atoms. The molecular weight excluding hydrogens is 435 g/mol. The number of alkyl halides is 3. The van der Waals surface area contributed by atoms with E-state index in [9.17, 15) is 26.4 Å². The predicted molar refractivity (Wildman–Crippen MR) is 109 cm³/mol. The summed E-state index contributed by atoms with van der Waals surface area (Å²) >= 11 is 0. The second kappa shape index (κ2) is 8.78. The Morgan fingerprint density at radius 3 is 2.39 bits per heavy atom. The lowest BCUT2D eigenvalue weighted by atomic mass is 10.0. The van der Waals surface area contributed by atoms with Gasteiger partial charge in [0.1, 0.15) is 6.54 Å². The molecule has 0 atom stereocenters. The van der Waals surface area contributed by atoms with Crippen molar-refractivity contribution in [2.24, 2.45) is 7.05 Å². The number of carbonyl (C=O) groups is 1. The van der Waals surface area contributed by atoms with E-state index in [-0.39, 0.29) is 11.5 Å². The van der Waals surface area contributed by atoms with Crippen LogP contribution in [-0.4, -0.2) is 37.0 Å². The summed E-state index contributed by atoms with van der Waals surface area (Å²) in [7, 11) is -2.80. The van der Waals surface area contributed by atoms with Gasteiger partial charge in [-0.3, -0.25) is 10.00 Å². The number of aromatic nitrogens is 2. The fourth-order valence-electron chi connectivity index (χ4n) is 2.68. The third-order valence-electron chi connectivity index (χ3n) is 4.05. The van der Waals surface area contributed by atoms with Gasteiger partial charge in [-0.25, -0.2) is 17.9 Å². The van der Waals surface area contributed by atoms with Crippen LogP contribution in [-0.2, 0) is 17.1 Å². The van der Waals surface area contributed by atoms with Crippen LogP contribution in [0.4, 0.5) is 29.5 Å². The number of rotatable bonds is 6. The van der Waals surface area contributed by atoms with Crippen molar-refractivity contribution in [3.8, 4) is 11.1 Å². The van der Waals surface area contributed by atoms with Gasteiger partial charge in [0.15, 0.2) is 5.82 Å². The predicted octanol–water partition coefficient (Wildman–Crippen LogP) is 3.57. The van der Waals surface area contributed by atoms with E-state index in [0.717, 1.165) is 6.07 Å². The normalized spacial score (nSPS) is 11.9. The number of hydrogen-bond donors (Lipinski definition) is 3. The van der Waals surface area contributed by atoms with Crippen molar-refractivity contribution in [1.29, 1.82) is 0 Å². The van der Waals surface area contributed by atoms with Gasteiger partial charge in [0.2, 0.25) is 10.0 Å². The highest BCUT2D eigenvalue weighted by Crippen LogP contribution is 2.30. The van der Waals surface area contributed by atoms with Gasteiger partial charge in [-0.1, -0.05) is 36.4 Å². The van der Waals surface area contributed by atoms with E-state index in [0.29, 0.717) is 11.1 Å². The van der Waals surface area contributed by atoms with Gasteiger partial charge < -0.3 is 5.32 Å². The highest BCUT2D eigenvalue weighted by atomic mass is 32.2. The lowest BCUT2D eigenvalue weighted by molar-refractivity contribution is -0.121. The van der Waals surface area contributed by atoms with E-state index in [2.05, 4.69) is 15.7 Å². The average molecular weight is 453 g/mol. The minimum absolute atomic E-state index is 0.0921. The molecule has 0 radical (unpaired) electrons. The average Bonchev–Trinajstić information content (AvgIpc) is 3.11. The molecule has 0 aliphatic rings. The number of carbonyl (C=O) groups excluding carboxylic acids is 1. The Morgan fingerprint density at radius 1 is 1.06 bits per heavy atom. The number of amides is 2. The maximum Gasteiger partial charge on any atom is 0.402 e. The molecule has 0 unspecified atom stereocenters. The van der Waals surface area contributed by atoms with E-state index >= 15 is 0 Å². The van der Waals surface area contributed by atoms with Crippen molar-refractivity contribution >= 4 is 27.6 Å². The summed E-state index contributed by atoms with van der Waals surface area (Å²) < 4.78 is 64.9. The number of sulfonamides is 1. The number of anilines is 2. The molecular formula is C19H18F3N5O3S. The SMILES string of the molecule is Cn1ccc(NC(=O)Nc2cc(S(=O)(=O)NCC(F)(F)F)ccc2-c2ccccc2)n1. The summed E-state index contributed by atoms with van der Waals surface area (Å²) in [6, 6.07) is 13.3. The van der Waals surface area contributed by atoms with Gasteiger partial charge in [0.25, 0.3) is 0 Å². The monoisotopic (exact) mass is 453 g/mol. The summed E-state index contributed by atoms with van der Waals surface area (Å²) in [5.74, 6) is 0.261. The fraction of sp³-hybridized carbons (Fsp3) is 0.158. The van der Waals surface area contributed by atoms with Crippen LogP contribution < -0.4 is 15.4 Å². The fourth-order valence-corrected chi connectivity index (χ4v) is 3.72. The van der Waals surface area contributed by atoms with E-state index in [1.807, 2.05) is 0 Å². The number of urea groups is 1. The number of aryl methyl sites for hydroxylation is 1. The Hall–Kier alpha value is -3.38. The molecule has 0 saturated carbocycles. The first-order chi connectivity index (χ1) is 14.5. The minimum atomic E-state index is -4.71. The maximum atomic E-state index is 12.4. The minimum Gasteiger partial charge on any atom is -0.307 e. The highest BCUT2D eigenvalue weighted by molar-refractivity contribution is 7.89. The molecule has 2 amide bonds. The van der Waals surface area contributed by atoms with E-state index < -0.39 is 33.7 Å². The topological polar surface area (TPSA) is 105 Å². The molecule has 8 nitrogen and oxygen atoms in total. The lowest BCUT2D eigenvalue weighted by Gasteiger charge is -2.15. The van der Waals surface area contributed by atoms with Crippen LogP contribution >= 0.6 is 0 Å². The summed E-state index contributed by atoms with van der Waals surface area (Å²) in [5.41, 5.74) is 1.24. The highest BCUT2D eigenvalue weighted by Gasteiger charge is 2.30. The molecule has 0 aliphatic carbocycles. The molecule has 3 rings (SSSR count). The molecule has 0 aliphatic heterocycles. The summed E-state index contributed by atoms with van der Waals surface area (Å²) in [4.78, 5) is 12.0. The van der Waals surface area contributed by atoms with Gasteiger partial charge in [0, 0.05) is 24.9 Å². The van der Waals surface area contributed by atoms with Crippen LogP contribution in [0.2, 0.25) is 0 Å². The largest absolute Gasteiger partial charge is 0.402 e. The van der Waals surface area contributed by atoms with Gasteiger partial charge in [-0.05, 0) is 17.7 Å². The van der Waals surface area contributed by atoms with E-state index in [1.54, 1.807) is 49.6 Å². The van der Waals surface area contributed by atoms with Crippen LogP contribution in [0, 0.1) is 0 Å². The van der Waals surface area contributed by atoms with Crippen LogP contribution in [0.3, 0.4) is 0 Å². The quantitative estimate of drug-likeness (QED) is 0.531. The Morgan fingerprint density at radius 2 is 1.77 bits per heavy atom. The van der Waals surface area contributed by atoms with Crippen molar-refractivity contribution in [3.05, 3.63) is 60.8 Å². The zero-order valence-electron chi connectivity index (χ0n) is 16.1. The molecule has 0 saturated heterocycles. The van der Waals surface area contributed by atoms with Crippen LogP contribution in [0.1, 0.15) is 0 Å². The van der Waals surface area contributed by atoms with Crippen molar-refractivity contribution in [1.82, 2.24) is 14.5 Å². The van der Waals surface area contributed by atoms with Gasteiger partial charge in [-0.15, -0.1) is 0 Å². The summed E-state index contributed by atoms with van der Waals surface area (Å²) in [6.07, 6.45) is -3.09. The molecule has 164 valence electrons. The Balaban J connectivity index is 1.93. The van der Waals surface area contributed by atoms with E-state index in [4.69, 9.17) is 0 Å². The van der Waals surface area contributed by atoms with Crippen LogP contribution in [0.25, 0.3) is 11.1 Å². The number of hydrogen-bond acceptors (Lipinski definition) is 4. The van der Waals surface area contributed by atoms with Crippen molar-refractivity contribution in [3.63, 3.8) is 0 Å². The molecule has 0 spiro atoms. The van der Waals surface area contributed by atoms with Crippen molar-refractivity contribution in [2.75, 3.05) is 17.2 Å². The van der Waals surface area contributed by atoms with Crippen LogP contribution in [0.5, 0.6) is 0 Å². The molecule has 3 aromatic rings. The van der Waals surface area contributed by atoms with Crippen molar-refractivity contribution < 1.29 is 26.4 Å². The van der Waals surface area contributed by atoms with E-state index in [1.165, 1.54) is 21.5 Å². The van der Waals surface area contributed by atoms with Gasteiger partial charge >= 0.3 is 12.2 Å². The van der Waals surface area contributed by atoms with Gasteiger partial charge in [0.05, 0.1) is 10.6 Å². The molecule has 1 heterocycles. The third-order valence-corrected chi connectivity index (χ3v) is 5.45. The first kappa shape index (κ1) is 22.3. The lowest BCUT2D eigenvalue weighted by Crippen LogP contribution is -2.33. The molecule has 3 N–H and O–H groups in total. The Labute approximate surface area is 176 Å². The zero-order chi connectivity index (χ0) is 22.6. The third kappa shape index (κ3) is 6.06. The van der Waals surface area contributed by atoms with Gasteiger partial charge in [-0.2, -0.15) is 18.3 Å². The molecule has 0 bridgehead atoms. The number of benzene rings is 2. The zero-order valence-corrected chi connectivity index (χ0v) is 17.0. The summed E-state index contributed by atoms with van der Waals surface area (Å²) in [6.45, 7) is -1.71. The second-order valence-corrected chi connectivity index (χ2v) is 8.23. The first-order valence-electron chi connectivity index (χ1n) is 8.87. The number of nitrogens with one attached hydrogen (secondary N) is 3. The second-order valence-electron chi connectivity index (χ2n) is 6.47. The smallest absolute Gasteiger partial charge is 0.307 e. The Bertz CT molecular complexity index is 1180. The van der Waals surface area contributed by atoms with Crippen LogP contribution in [0.15, 0.2) is 65.7 Å². The maximum absolute atomic E-state index is 12.4.